The van der Waals surface area contributed by atoms with Crippen LogP contribution in [0.3, 0.4) is 0 Å². The van der Waals surface area contributed by atoms with Crippen LogP contribution in [0.4, 0.5) is 0 Å². The molecule has 0 amide bonds. The molecule has 3 heteroatoms. The van der Waals surface area contributed by atoms with E-state index in [2.05, 4.69) is 20.5 Å². The van der Waals surface area contributed by atoms with Gasteiger partial charge in [-0.3, -0.25) is 0 Å². The Labute approximate surface area is 98.4 Å². The van der Waals surface area contributed by atoms with Gasteiger partial charge in [0, 0.05) is 0 Å². The summed E-state index contributed by atoms with van der Waals surface area (Å²) in [6, 6.07) is 4.10. The summed E-state index contributed by atoms with van der Waals surface area (Å²) in [5.74, 6) is 3.44. The van der Waals surface area contributed by atoms with Gasteiger partial charge in [-0.05, 0) is 0 Å². The number of aryl methyl sites for hydroxylation is 2. The number of benzene rings is 1. The fraction of sp³-hybridized carbons (Fsp3) is 0.182. The van der Waals surface area contributed by atoms with Crippen molar-refractivity contribution in [3.8, 4) is 9.40 Å². The average molecular weight is 375 g/mol. The van der Waals surface area contributed by atoms with Crippen molar-refractivity contribution >= 4 is 36.9 Å². The Kier molecular flexibility index (Phi) is 2.59. The molecule has 0 fully saturated rings. The van der Waals surface area contributed by atoms with Crippen molar-refractivity contribution in [2.75, 3.05) is 0 Å². The molecule has 0 atom stereocenters. The molecule has 0 saturated heterocycles. The first-order valence-electron chi connectivity index (χ1n) is 4.30. The maximum atomic E-state index is 5.56. The third kappa shape index (κ3) is 1.57. The van der Waals surface area contributed by atoms with E-state index < -0.39 is 0 Å². The molecule has 2 nitrogen and oxygen atoms in total. The van der Waals surface area contributed by atoms with Crippen molar-refractivity contribution < 1.29 is 4.42 Å². The van der Waals surface area contributed by atoms with E-state index in [0.29, 0.717) is 31.7 Å². The Morgan fingerprint density at radius 2 is 2.00 bits per heavy atom. The number of oxazole rings is 1. The van der Waals surface area contributed by atoms with Crippen LogP contribution < -0.4 is 0 Å². The minimum atomic E-state index is 0.542. The number of fused-ring (bicyclic) bond motifs is 1. The van der Waals surface area contributed by atoms with Gasteiger partial charge >= 0.3 is 98.7 Å². The Morgan fingerprint density at radius 3 is 2.64 bits per heavy atom. The van der Waals surface area contributed by atoms with Crippen LogP contribution in [-0.4, -0.2) is 30.8 Å². The van der Waals surface area contributed by atoms with Crippen molar-refractivity contribution in [3.05, 3.63) is 29.2 Å². The Bertz CT molecular complexity index is 506. The molecule has 0 aliphatic rings. The van der Waals surface area contributed by atoms with Gasteiger partial charge < -0.3 is 0 Å². The summed E-state index contributed by atoms with van der Waals surface area (Å²) >= 11 is 0.664. The number of nitrogens with zero attached hydrogens (tertiary/aromatic N) is 1. The fourth-order valence-electron chi connectivity index (χ4n) is 1.37. The summed E-state index contributed by atoms with van der Waals surface area (Å²) in [5, 5.41) is 0. The van der Waals surface area contributed by atoms with Gasteiger partial charge in [0.25, 0.3) is 0 Å². The van der Waals surface area contributed by atoms with E-state index in [-0.39, 0.29) is 0 Å². The minimum absolute atomic E-state index is 0.542. The zero-order valence-electron chi connectivity index (χ0n) is 8.09. The Hall–Kier alpha value is -0.828. The first-order chi connectivity index (χ1) is 6.72. The molecule has 1 heterocycles. The summed E-state index contributed by atoms with van der Waals surface area (Å²) in [6.07, 6.45) is 0. The molecule has 1 aromatic heterocycles. The second kappa shape index (κ2) is 3.73. The molecule has 0 unspecified atom stereocenters. The molecule has 0 radical (unpaired) electrons. The van der Waals surface area contributed by atoms with E-state index in [4.69, 9.17) is 4.42 Å². The number of hydrogen-bond donors (Lipinski definition) is 0. The van der Waals surface area contributed by atoms with Crippen LogP contribution in [-0.2, 0) is 0 Å². The monoisotopic (exact) mass is 375 g/mol. The summed E-state index contributed by atoms with van der Waals surface area (Å²) in [5.41, 5.74) is 4.06. The maximum absolute atomic E-state index is 5.56. The van der Waals surface area contributed by atoms with Gasteiger partial charge in [0.15, 0.2) is 0 Å². The van der Waals surface area contributed by atoms with Gasteiger partial charge in [-0.15, -0.1) is 0 Å². The molecule has 14 heavy (non-hydrogen) atoms. The molecule has 66 valence electrons. The van der Waals surface area contributed by atoms with Crippen LogP contribution in [0.2, 0.25) is 0 Å². The molecule has 0 spiro atoms. The first-order valence-corrected chi connectivity index (χ1v) is 6.55. The summed E-state index contributed by atoms with van der Waals surface area (Å²) in [7, 11) is 0. The van der Waals surface area contributed by atoms with Crippen molar-refractivity contribution in [1.82, 2.24) is 4.98 Å². The van der Waals surface area contributed by atoms with Gasteiger partial charge in [-0.1, -0.05) is 0 Å². The SMILES string of the molecule is Cc1ccc(C)c2oc(C#[C][Tl])nc12. The zero-order valence-corrected chi connectivity index (χ0v) is 12.6. The topological polar surface area (TPSA) is 26.0 Å². The Balaban J connectivity index is 2.79. The number of aromatic nitrogens is 1. The summed E-state index contributed by atoms with van der Waals surface area (Å²) in [6.45, 7) is 4.05. The van der Waals surface area contributed by atoms with Gasteiger partial charge in [0.2, 0.25) is 0 Å². The molecule has 0 aliphatic carbocycles. The van der Waals surface area contributed by atoms with E-state index in [0.717, 1.165) is 22.2 Å². The standard InChI is InChI=1S/C11H8NO.Tl/c1-4-9-12-10-7(2)5-6-8(3)11(10)13-9;/h5-6H,2-3H3;. The molecule has 2 rings (SSSR count). The average Bonchev–Trinajstić information content (AvgIpc) is 2.57. The van der Waals surface area contributed by atoms with E-state index in [1.165, 1.54) is 0 Å². The van der Waals surface area contributed by atoms with Gasteiger partial charge in [0.05, 0.1) is 0 Å². The summed E-state index contributed by atoms with van der Waals surface area (Å²) in [4.78, 5) is 4.35. The molecule has 2 aromatic rings. The van der Waals surface area contributed by atoms with E-state index in [9.17, 15) is 0 Å². The number of hydrogen-bond acceptors (Lipinski definition) is 2. The quantitative estimate of drug-likeness (QED) is 0.520. The van der Waals surface area contributed by atoms with E-state index in [1.54, 1.807) is 0 Å². The van der Waals surface area contributed by atoms with Crippen LogP contribution in [0.15, 0.2) is 16.5 Å². The Morgan fingerprint density at radius 1 is 1.29 bits per heavy atom. The fourth-order valence-corrected chi connectivity index (χ4v) is 1.85. The second-order valence-corrected chi connectivity index (χ2v) is 4.29. The number of rotatable bonds is 0. The molecule has 1 aromatic carbocycles. The molecule has 0 saturated carbocycles. The predicted octanol–water partition coefficient (Wildman–Crippen LogP) is 1.92. The van der Waals surface area contributed by atoms with Crippen LogP contribution in [0.5, 0.6) is 0 Å². The third-order valence-corrected chi connectivity index (χ3v) is 2.68. The second-order valence-electron chi connectivity index (χ2n) is 3.17. The van der Waals surface area contributed by atoms with Crippen LogP contribution in [0, 0.1) is 23.2 Å². The predicted molar refractivity (Wildman–Crippen MR) is 56.1 cm³/mol. The molecule has 0 N–H and O–H groups in total. The van der Waals surface area contributed by atoms with Crippen LogP contribution in [0.1, 0.15) is 17.0 Å². The zero-order chi connectivity index (χ0) is 10.1. The van der Waals surface area contributed by atoms with E-state index >= 15 is 0 Å². The molecule has 0 bridgehead atoms. The summed E-state index contributed by atoms with van der Waals surface area (Å²) < 4.78 is 8.51. The van der Waals surface area contributed by atoms with Crippen molar-refractivity contribution in [2.45, 2.75) is 13.8 Å². The van der Waals surface area contributed by atoms with Crippen molar-refractivity contribution in [3.63, 3.8) is 0 Å². The third-order valence-electron chi connectivity index (χ3n) is 2.12. The van der Waals surface area contributed by atoms with Gasteiger partial charge in [-0.2, -0.15) is 0 Å². The van der Waals surface area contributed by atoms with E-state index in [1.807, 2.05) is 19.9 Å². The normalized spacial score (nSPS) is 9.79. The molecular formula is C11H8NOTl. The van der Waals surface area contributed by atoms with Crippen LogP contribution >= 0.6 is 0 Å². The first kappa shape index (κ1) is 9.72. The van der Waals surface area contributed by atoms with Crippen LogP contribution in [0.25, 0.3) is 11.1 Å². The molecule has 0 aliphatic heterocycles. The van der Waals surface area contributed by atoms with Gasteiger partial charge in [0.1, 0.15) is 0 Å². The van der Waals surface area contributed by atoms with Crippen molar-refractivity contribution in [2.24, 2.45) is 0 Å². The molecular weight excluding hydrogens is 367 g/mol. The van der Waals surface area contributed by atoms with Gasteiger partial charge in [-0.25, -0.2) is 0 Å². The van der Waals surface area contributed by atoms with Crippen molar-refractivity contribution in [1.29, 1.82) is 0 Å².